The fourth-order valence-electron chi connectivity index (χ4n) is 2.47. The number of carbonyl (C=O) groups is 2. The molecule has 2 rings (SSSR count). The van der Waals surface area contributed by atoms with E-state index in [0.29, 0.717) is 18.7 Å². The lowest BCUT2D eigenvalue weighted by atomic mass is 9.99. The van der Waals surface area contributed by atoms with Gasteiger partial charge in [-0.05, 0) is 37.8 Å². The molecule has 6 heteroatoms. The molecule has 0 radical (unpaired) electrons. The molecule has 0 saturated carbocycles. The summed E-state index contributed by atoms with van der Waals surface area (Å²) < 4.78 is 0. The van der Waals surface area contributed by atoms with Gasteiger partial charge in [-0.25, -0.2) is 0 Å². The van der Waals surface area contributed by atoms with Crippen LogP contribution in [0.4, 0.5) is 5.69 Å². The SMILES string of the molecule is O=C(Nc1ccncc1)C(=O)N1CCCC[C@@H]1CCO. The number of aliphatic hydroxyl groups excluding tert-OH is 1. The normalized spacial score (nSPS) is 18.6. The lowest BCUT2D eigenvalue weighted by Crippen LogP contribution is -2.48. The number of pyridine rings is 1. The maximum absolute atomic E-state index is 12.2. The Morgan fingerprint density at radius 1 is 1.35 bits per heavy atom. The summed E-state index contributed by atoms with van der Waals surface area (Å²) in [4.78, 5) is 29.6. The van der Waals surface area contributed by atoms with E-state index in [0.717, 1.165) is 19.3 Å². The van der Waals surface area contributed by atoms with Crippen molar-refractivity contribution < 1.29 is 14.7 Å². The summed E-state index contributed by atoms with van der Waals surface area (Å²) >= 11 is 0. The van der Waals surface area contributed by atoms with E-state index >= 15 is 0 Å². The van der Waals surface area contributed by atoms with Gasteiger partial charge < -0.3 is 15.3 Å². The third kappa shape index (κ3) is 3.54. The standard InChI is InChI=1S/C14H19N3O3/c18-10-6-12-3-1-2-9-17(12)14(20)13(19)16-11-4-7-15-8-5-11/h4-5,7-8,12,18H,1-3,6,9-10H2,(H,15,16,19)/t12-/m1/s1. The first-order chi connectivity index (χ1) is 9.72. The first-order valence-corrected chi connectivity index (χ1v) is 6.85. The first-order valence-electron chi connectivity index (χ1n) is 6.85. The summed E-state index contributed by atoms with van der Waals surface area (Å²) in [6.07, 6.45) is 6.39. The maximum Gasteiger partial charge on any atom is 0.313 e. The van der Waals surface area contributed by atoms with Gasteiger partial charge in [-0.1, -0.05) is 0 Å². The summed E-state index contributed by atoms with van der Waals surface area (Å²) in [5.41, 5.74) is 0.550. The summed E-state index contributed by atoms with van der Waals surface area (Å²) in [5.74, 6) is -1.17. The molecule has 108 valence electrons. The Morgan fingerprint density at radius 2 is 2.10 bits per heavy atom. The molecule has 20 heavy (non-hydrogen) atoms. The molecule has 1 aromatic rings. The van der Waals surface area contributed by atoms with E-state index in [-0.39, 0.29) is 12.6 Å². The molecule has 1 aliphatic heterocycles. The van der Waals surface area contributed by atoms with Crippen molar-refractivity contribution >= 4 is 17.5 Å². The molecule has 1 saturated heterocycles. The fourth-order valence-corrected chi connectivity index (χ4v) is 2.47. The highest BCUT2D eigenvalue weighted by molar-refractivity contribution is 6.39. The van der Waals surface area contributed by atoms with Crippen molar-refractivity contribution in [2.45, 2.75) is 31.7 Å². The van der Waals surface area contributed by atoms with Crippen molar-refractivity contribution in [2.75, 3.05) is 18.5 Å². The average molecular weight is 277 g/mol. The Kier molecular flexibility index (Phi) is 5.06. The molecule has 1 aliphatic rings. The van der Waals surface area contributed by atoms with Crippen LogP contribution >= 0.6 is 0 Å². The molecule has 1 fully saturated rings. The van der Waals surface area contributed by atoms with Gasteiger partial charge in [0.25, 0.3) is 0 Å². The highest BCUT2D eigenvalue weighted by Gasteiger charge is 2.30. The molecule has 0 spiro atoms. The number of rotatable bonds is 3. The van der Waals surface area contributed by atoms with Gasteiger partial charge in [0.2, 0.25) is 0 Å². The number of amides is 2. The van der Waals surface area contributed by atoms with Crippen LogP contribution in [-0.4, -0.2) is 46.0 Å². The molecular formula is C14H19N3O3. The van der Waals surface area contributed by atoms with Gasteiger partial charge in [0.1, 0.15) is 0 Å². The first kappa shape index (κ1) is 14.5. The molecule has 6 nitrogen and oxygen atoms in total. The summed E-state index contributed by atoms with van der Waals surface area (Å²) in [6.45, 7) is 0.605. The third-order valence-corrected chi connectivity index (χ3v) is 3.48. The van der Waals surface area contributed by atoms with E-state index in [1.54, 1.807) is 29.4 Å². The van der Waals surface area contributed by atoms with E-state index in [9.17, 15) is 9.59 Å². The van der Waals surface area contributed by atoms with Crippen LogP contribution in [-0.2, 0) is 9.59 Å². The van der Waals surface area contributed by atoms with Gasteiger partial charge in [-0.3, -0.25) is 14.6 Å². The van der Waals surface area contributed by atoms with Gasteiger partial charge in [-0.15, -0.1) is 0 Å². The minimum atomic E-state index is -0.638. The number of aromatic nitrogens is 1. The van der Waals surface area contributed by atoms with Crippen molar-refractivity contribution in [3.63, 3.8) is 0 Å². The number of nitrogens with zero attached hydrogens (tertiary/aromatic N) is 2. The van der Waals surface area contributed by atoms with E-state index in [2.05, 4.69) is 10.3 Å². The molecule has 1 aromatic heterocycles. The molecule has 0 aromatic carbocycles. The lowest BCUT2D eigenvalue weighted by molar-refractivity contribution is -0.146. The summed E-state index contributed by atoms with van der Waals surface area (Å²) in [5, 5.41) is 11.6. The van der Waals surface area contributed by atoms with Crippen molar-refractivity contribution in [3.8, 4) is 0 Å². The van der Waals surface area contributed by atoms with E-state index in [4.69, 9.17) is 5.11 Å². The number of aliphatic hydroxyl groups is 1. The Balaban J connectivity index is 1.99. The zero-order valence-corrected chi connectivity index (χ0v) is 11.3. The zero-order chi connectivity index (χ0) is 14.4. The largest absolute Gasteiger partial charge is 0.396 e. The number of carbonyl (C=O) groups excluding carboxylic acids is 2. The number of anilines is 1. The van der Waals surface area contributed by atoms with Crippen LogP contribution in [0.3, 0.4) is 0 Å². The van der Waals surface area contributed by atoms with Crippen LogP contribution in [0.15, 0.2) is 24.5 Å². The van der Waals surface area contributed by atoms with Crippen LogP contribution in [0.1, 0.15) is 25.7 Å². The monoisotopic (exact) mass is 277 g/mol. The van der Waals surface area contributed by atoms with Crippen LogP contribution in [0.25, 0.3) is 0 Å². The molecular weight excluding hydrogens is 258 g/mol. The second kappa shape index (κ2) is 7.00. The van der Waals surface area contributed by atoms with Crippen LogP contribution in [0, 0.1) is 0 Å². The number of likely N-dealkylation sites (tertiary alicyclic amines) is 1. The van der Waals surface area contributed by atoms with Gasteiger partial charge in [-0.2, -0.15) is 0 Å². The topological polar surface area (TPSA) is 82.5 Å². The number of piperidine rings is 1. The number of hydrogen-bond acceptors (Lipinski definition) is 4. The van der Waals surface area contributed by atoms with Gasteiger partial charge >= 0.3 is 11.8 Å². The molecule has 2 heterocycles. The lowest BCUT2D eigenvalue weighted by Gasteiger charge is -2.34. The van der Waals surface area contributed by atoms with E-state index in [1.165, 1.54) is 0 Å². The Bertz CT molecular complexity index is 462. The van der Waals surface area contributed by atoms with Crippen LogP contribution in [0.2, 0.25) is 0 Å². The predicted molar refractivity (Wildman–Crippen MR) is 73.9 cm³/mol. The summed E-state index contributed by atoms with van der Waals surface area (Å²) in [6, 6.07) is 3.23. The summed E-state index contributed by atoms with van der Waals surface area (Å²) in [7, 11) is 0. The smallest absolute Gasteiger partial charge is 0.313 e. The molecule has 2 N–H and O–H groups in total. The fraction of sp³-hybridized carbons (Fsp3) is 0.500. The Labute approximate surface area is 117 Å². The van der Waals surface area contributed by atoms with Crippen LogP contribution < -0.4 is 5.32 Å². The minimum Gasteiger partial charge on any atom is -0.396 e. The van der Waals surface area contributed by atoms with E-state index in [1.807, 2.05) is 0 Å². The van der Waals surface area contributed by atoms with Crippen molar-refractivity contribution in [3.05, 3.63) is 24.5 Å². The molecule has 2 amide bonds. The number of nitrogens with one attached hydrogen (secondary N) is 1. The third-order valence-electron chi connectivity index (χ3n) is 3.48. The molecule has 1 atom stereocenters. The maximum atomic E-state index is 12.2. The van der Waals surface area contributed by atoms with Crippen LogP contribution in [0.5, 0.6) is 0 Å². The highest BCUT2D eigenvalue weighted by atomic mass is 16.3. The Hall–Kier alpha value is -1.95. The molecule has 0 aliphatic carbocycles. The quantitative estimate of drug-likeness (QED) is 0.800. The second-order valence-electron chi connectivity index (χ2n) is 4.85. The van der Waals surface area contributed by atoms with Gasteiger partial charge in [0.05, 0.1) is 0 Å². The molecule has 0 bridgehead atoms. The number of hydrogen-bond donors (Lipinski definition) is 2. The van der Waals surface area contributed by atoms with Gasteiger partial charge in [0.15, 0.2) is 0 Å². The van der Waals surface area contributed by atoms with E-state index < -0.39 is 11.8 Å². The second-order valence-corrected chi connectivity index (χ2v) is 4.85. The van der Waals surface area contributed by atoms with Crippen molar-refractivity contribution in [2.24, 2.45) is 0 Å². The van der Waals surface area contributed by atoms with Gasteiger partial charge in [0, 0.05) is 37.3 Å². The Morgan fingerprint density at radius 3 is 2.80 bits per heavy atom. The highest BCUT2D eigenvalue weighted by Crippen LogP contribution is 2.20. The average Bonchev–Trinajstić information content (AvgIpc) is 2.48. The van der Waals surface area contributed by atoms with Crippen molar-refractivity contribution in [1.82, 2.24) is 9.88 Å². The zero-order valence-electron chi connectivity index (χ0n) is 11.3. The van der Waals surface area contributed by atoms with Crippen molar-refractivity contribution in [1.29, 1.82) is 0 Å². The molecule has 0 unspecified atom stereocenters. The predicted octanol–water partition coefficient (Wildman–Crippen LogP) is 0.784. The minimum absolute atomic E-state index is 0.0282.